The van der Waals surface area contributed by atoms with E-state index in [1.807, 2.05) is 61.9 Å². The first-order valence-electron chi connectivity index (χ1n) is 10.4. The molecule has 0 amide bonds. The van der Waals surface area contributed by atoms with Crippen molar-refractivity contribution in [2.45, 2.75) is 64.1 Å². The Morgan fingerprint density at radius 2 is 1.59 bits per heavy atom. The Balaban J connectivity index is 1.49. The van der Waals surface area contributed by atoms with Crippen LogP contribution in [-0.4, -0.2) is 36.9 Å². The molecule has 2 unspecified atom stereocenters. The molecule has 150 valence electrons. The fraction of sp³-hybridized carbons (Fsp3) is 0.435. The number of rotatable bonds is 3. The van der Waals surface area contributed by atoms with Crippen LogP contribution in [0.2, 0.25) is 0 Å². The van der Waals surface area contributed by atoms with Crippen LogP contribution in [0.3, 0.4) is 0 Å². The standard InChI is InChI=1S/C23H27N5O/c1-15-11-16(2)28(26-15)22-12-21(24-17(3)25-22)27-19-9-10-20(27)14-23(29,13-19)18-7-5-4-6-8-18/h4-8,11-12,19-20,29H,9-10,13-14H2,1-3H3. The third-order valence-corrected chi connectivity index (χ3v) is 6.38. The highest BCUT2D eigenvalue weighted by Gasteiger charge is 2.48. The molecule has 2 aromatic heterocycles. The average Bonchev–Trinajstić information content (AvgIpc) is 3.18. The van der Waals surface area contributed by atoms with E-state index in [1.165, 1.54) is 0 Å². The largest absolute Gasteiger partial charge is 0.385 e. The first-order chi connectivity index (χ1) is 13.9. The third-order valence-electron chi connectivity index (χ3n) is 6.38. The van der Waals surface area contributed by atoms with Crippen LogP contribution in [0.15, 0.2) is 42.5 Å². The van der Waals surface area contributed by atoms with E-state index in [0.717, 1.165) is 60.1 Å². The Morgan fingerprint density at radius 1 is 0.931 bits per heavy atom. The summed E-state index contributed by atoms with van der Waals surface area (Å²) in [6, 6.07) is 14.8. The lowest BCUT2D eigenvalue weighted by atomic mass is 9.80. The average molecular weight is 390 g/mol. The topological polar surface area (TPSA) is 67.1 Å². The van der Waals surface area contributed by atoms with Gasteiger partial charge in [0.25, 0.3) is 0 Å². The molecule has 2 fully saturated rings. The van der Waals surface area contributed by atoms with Crippen LogP contribution in [0.1, 0.15) is 48.5 Å². The van der Waals surface area contributed by atoms with Gasteiger partial charge in [0.15, 0.2) is 5.82 Å². The number of nitrogens with zero attached hydrogens (tertiary/aromatic N) is 5. The molecular weight excluding hydrogens is 362 g/mol. The predicted molar refractivity (Wildman–Crippen MR) is 112 cm³/mol. The molecule has 6 nitrogen and oxygen atoms in total. The highest BCUT2D eigenvalue weighted by molar-refractivity contribution is 5.49. The Kier molecular flexibility index (Phi) is 4.21. The van der Waals surface area contributed by atoms with E-state index in [4.69, 9.17) is 4.98 Å². The Hall–Kier alpha value is -2.73. The fourth-order valence-corrected chi connectivity index (χ4v) is 5.22. The summed E-state index contributed by atoms with van der Waals surface area (Å²) < 4.78 is 1.89. The predicted octanol–water partition coefficient (Wildman–Crippen LogP) is 3.61. The lowest BCUT2D eigenvalue weighted by Crippen LogP contribution is -2.50. The van der Waals surface area contributed by atoms with Crippen molar-refractivity contribution in [1.82, 2.24) is 19.7 Å². The highest BCUT2D eigenvalue weighted by atomic mass is 16.3. The van der Waals surface area contributed by atoms with Crippen LogP contribution in [0.25, 0.3) is 5.82 Å². The molecule has 2 bridgehead atoms. The number of aliphatic hydroxyl groups is 1. The summed E-state index contributed by atoms with van der Waals surface area (Å²) in [4.78, 5) is 11.8. The molecule has 29 heavy (non-hydrogen) atoms. The van der Waals surface area contributed by atoms with Crippen LogP contribution in [0.4, 0.5) is 5.82 Å². The van der Waals surface area contributed by atoms with Crippen LogP contribution < -0.4 is 4.90 Å². The molecule has 3 aromatic rings. The van der Waals surface area contributed by atoms with Crippen LogP contribution in [0.5, 0.6) is 0 Å². The lowest BCUT2D eigenvalue weighted by molar-refractivity contribution is -0.00319. The van der Waals surface area contributed by atoms with Gasteiger partial charge in [-0.15, -0.1) is 0 Å². The summed E-state index contributed by atoms with van der Waals surface area (Å²) in [5.74, 6) is 2.50. The van der Waals surface area contributed by atoms with Gasteiger partial charge < -0.3 is 10.0 Å². The molecular formula is C23H27N5O. The van der Waals surface area contributed by atoms with Crippen LogP contribution in [-0.2, 0) is 5.60 Å². The number of piperidine rings is 1. The number of anilines is 1. The van der Waals surface area contributed by atoms with Crippen molar-refractivity contribution < 1.29 is 5.11 Å². The smallest absolute Gasteiger partial charge is 0.159 e. The van der Waals surface area contributed by atoms with Crippen molar-refractivity contribution in [2.75, 3.05) is 4.90 Å². The van der Waals surface area contributed by atoms with Crippen LogP contribution >= 0.6 is 0 Å². The monoisotopic (exact) mass is 389 g/mol. The van der Waals surface area contributed by atoms with E-state index in [9.17, 15) is 5.11 Å². The second-order valence-electron chi connectivity index (χ2n) is 8.57. The number of hydrogen-bond donors (Lipinski definition) is 1. The van der Waals surface area contributed by atoms with E-state index in [1.54, 1.807) is 0 Å². The van der Waals surface area contributed by atoms with Gasteiger partial charge in [-0.1, -0.05) is 30.3 Å². The summed E-state index contributed by atoms with van der Waals surface area (Å²) in [7, 11) is 0. The molecule has 0 radical (unpaired) electrons. The van der Waals surface area contributed by atoms with E-state index >= 15 is 0 Å². The third kappa shape index (κ3) is 3.12. The minimum absolute atomic E-state index is 0.279. The minimum Gasteiger partial charge on any atom is -0.385 e. The van der Waals surface area contributed by atoms with E-state index in [2.05, 4.69) is 21.0 Å². The van der Waals surface area contributed by atoms with Gasteiger partial charge in [0.05, 0.1) is 11.3 Å². The van der Waals surface area contributed by atoms with Gasteiger partial charge >= 0.3 is 0 Å². The Labute approximate surface area is 171 Å². The summed E-state index contributed by atoms with van der Waals surface area (Å²) >= 11 is 0. The van der Waals surface area contributed by atoms with Gasteiger partial charge in [-0.05, 0) is 45.2 Å². The number of fused-ring (bicyclic) bond motifs is 2. The maximum absolute atomic E-state index is 11.4. The molecule has 5 rings (SSSR count). The summed E-state index contributed by atoms with van der Waals surface area (Å²) in [5, 5.41) is 16.0. The number of aromatic nitrogens is 4. The van der Waals surface area contributed by atoms with Crippen molar-refractivity contribution in [3.8, 4) is 5.82 Å². The lowest BCUT2D eigenvalue weighted by Gasteiger charge is -2.44. The maximum atomic E-state index is 11.4. The van der Waals surface area contributed by atoms with Crippen molar-refractivity contribution in [1.29, 1.82) is 0 Å². The Morgan fingerprint density at radius 3 is 2.21 bits per heavy atom. The normalized spacial score (nSPS) is 26.1. The summed E-state index contributed by atoms with van der Waals surface area (Å²) in [6.07, 6.45) is 3.62. The quantitative estimate of drug-likeness (QED) is 0.741. The van der Waals surface area contributed by atoms with Crippen molar-refractivity contribution in [3.63, 3.8) is 0 Å². The molecule has 2 saturated heterocycles. The molecule has 2 atom stereocenters. The van der Waals surface area contributed by atoms with Crippen LogP contribution in [0, 0.1) is 20.8 Å². The Bertz CT molecular complexity index is 1030. The van der Waals surface area contributed by atoms with Gasteiger partial charge in [-0.25, -0.2) is 14.6 Å². The first-order valence-corrected chi connectivity index (χ1v) is 10.4. The second-order valence-corrected chi connectivity index (χ2v) is 8.57. The van der Waals surface area contributed by atoms with E-state index < -0.39 is 5.60 Å². The molecule has 1 N–H and O–H groups in total. The van der Waals surface area contributed by atoms with Gasteiger partial charge in [0.1, 0.15) is 11.6 Å². The zero-order chi connectivity index (χ0) is 20.2. The molecule has 2 aliphatic rings. The van der Waals surface area contributed by atoms with Crippen molar-refractivity contribution in [3.05, 3.63) is 65.2 Å². The van der Waals surface area contributed by atoms with E-state index in [-0.39, 0.29) is 12.1 Å². The maximum Gasteiger partial charge on any atom is 0.159 e. The summed E-state index contributed by atoms with van der Waals surface area (Å²) in [5.41, 5.74) is 2.31. The molecule has 4 heterocycles. The fourth-order valence-electron chi connectivity index (χ4n) is 5.22. The molecule has 0 spiro atoms. The molecule has 0 aliphatic carbocycles. The van der Waals surface area contributed by atoms with Gasteiger partial charge in [0.2, 0.25) is 0 Å². The van der Waals surface area contributed by atoms with Gasteiger partial charge in [0, 0.05) is 36.7 Å². The van der Waals surface area contributed by atoms with Gasteiger partial charge in [-0.2, -0.15) is 5.10 Å². The zero-order valence-electron chi connectivity index (χ0n) is 17.2. The minimum atomic E-state index is -0.760. The number of aryl methyl sites for hydroxylation is 3. The van der Waals surface area contributed by atoms with Crippen molar-refractivity contribution in [2.24, 2.45) is 0 Å². The molecule has 2 aliphatic heterocycles. The summed E-state index contributed by atoms with van der Waals surface area (Å²) in [6.45, 7) is 5.97. The van der Waals surface area contributed by atoms with Gasteiger partial charge in [-0.3, -0.25) is 0 Å². The highest BCUT2D eigenvalue weighted by Crippen LogP contribution is 2.47. The number of benzene rings is 1. The second kappa shape index (κ2) is 6.66. The first kappa shape index (κ1) is 18.3. The molecule has 0 saturated carbocycles. The number of hydrogen-bond acceptors (Lipinski definition) is 5. The molecule has 1 aromatic carbocycles. The van der Waals surface area contributed by atoms with Crippen molar-refractivity contribution >= 4 is 5.82 Å². The molecule has 6 heteroatoms. The van der Waals surface area contributed by atoms with E-state index in [0.29, 0.717) is 0 Å². The SMILES string of the molecule is Cc1cc(C)n(-c2cc(N3C4CCC3CC(O)(c3ccccc3)C4)nc(C)n2)n1. The zero-order valence-corrected chi connectivity index (χ0v) is 17.2.